The summed E-state index contributed by atoms with van der Waals surface area (Å²) >= 11 is 6.47. The number of fused-ring (bicyclic) bond motifs is 1. The van der Waals surface area contributed by atoms with Gasteiger partial charge in [0.15, 0.2) is 0 Å². The summed E-state index contributed by atoms with van der Waals surface area (Å²) in [4.78, 5) is 8.79. The molecule has 2 aromatic heterocycles. The molecule has 2 N–H and O–H groups in total. The summed E-state index contributed by atoms with van der Waals surface area (Å²) < 4.78 is 48.8. The van der Waals surface area contributed by atoms with Crippen molar-refractivity contribution in [3.63, 3.8) is 0 Å². The number of nitrogens with zero attached hydrogens (tertiary/aromatic N) is 2. The van der Waals surface area contributed by atoms with Gasteiger partial charge in [0.2, 0.25) is 0 Å². The second kappa shape index (κ2) is 11.6. The molecule has 1 atom stereocenters. The average molecular weight is 581 g/mol. The fraction of sp³-hybridized carbons (Fsp3) is 0.172. The van der Waals surface area contributed by atoms with Crippen LogP contribution in [0, 0.1) is 5.82 Å². The van der Waals surface area contributed by atoms with Crippen LogP contribution in [0.25, 0.3) is 22.2 Å². The molecule has 0 aliphatic heterocycles. The summed E-state index contributed by atoms with van der Waals surface area (Å²) in [5.41, 5.74) is 2.89. The first-order chi connectivity index (χ1) is 19.2. The highest BCUT2D eigenvalue weighted by Crippen LogP contribution is 2.33. The second-order valence-corrected chi connectivity index (χ2v) is 11.9. The first-order valence-corrected chi connectivity index (χ1v) is 14.8. The Hall–Kier alpha value is -3.99. The average Bonchev–Trinajstić information content (AvgIpc) is 3.41. The molecule has 0 saturated carbocycles. The standard InChI is InChI=1S/C29H26ClFN4O4S/c1-32-25(16-40(2,36)37)28-11-10-26(39-28)19-6-8-24-22(13-19)29(34-17-33-24)35-21-7-9-27(23(30)14-21)38-15-18-4-3-5-20(31)12-18/h3-14,17,25,32H,15-16H2,1-2H3,(H,33,34,35). The van der Waals surface area contributed by atoms with E-state index in [-0.39, 0.29) is 18.2 Å². The maximum Gasteiger partial charge on any atom is 0.149 e. The number of furan rings is 1. The van der Waals surface area contributed by atoms with Crippen LogP contribution in [0.15, 0.2) is 83.5 Å². The Morgan fingerprint density at radius 1 is 1.05 bits per heavy atom. The molecular weight excluding hydrogens is 555 g/mol. The van der Waals surface area contributed by atoms with Crippen molar-refractivity contribution in [2.45, 2.75) is 12.6 Å². The molecule has 2 heterocycles. The summed E-state index contributed by atoms with van der Waals surface area (Å²) in [5.74, 6) is 1.74. The normalized spacial score (nSPS) is 12.4. The summed E-state index contributed by atoms with van der Waals surface area (Å²) in [6, 6.07) is 20.2. The molecule has 40 heavy (non-hydrogen) atoms. The van der Waals surface area contributed by atoms with Crippen molar-refractivity contribution < 1.29 is 22.0 Å². The summed E-state index contributed by atoms with van der Waals surface area (Å²) in [6.45, 7) is 0.182. The monoisotopic (exact) mass is 580 g/mol. The lowest BCUT2D eigenvalue weighted by Gasteiger charge is -2.13. The zero-order valence-corrected chi connectivity index (χ0v) is 23.3. The van der Waals surface area contributed by atoms with Gasteiger partial charge in [0.25, 0.3) is 0 Å². The first kappa shape index (κ1) is 27.6. The van der Waals surface area contributed by atoms with E-state index in [4.69, 9.17) is 20.8 Å². The quantitative estimate of drug-likeness (QED) is 0.198. The number of benzene rings is 3. The highest BCUT2D eigenvalue weighted by Gasteiger charge is 2.20. The van der Waals surface area contributed by atoms with Crippen molar-refractivity contribution >= 4 is 43.8 Å². The maximum atomic E-state index is 13.4. The van der Waals surface area contributed by atoms with Crippen molar-refractivity contribution in [1.82, 2.24) is 15.3 Å². The van der Waals surface area contributed by atoms with E-state index in [0.29, 0.717) is 39.4 Å². The minimum absolute atomic E-state index is 0.0761. The molecule has 0 radical (unpaired) electrons. The molecule has 0 spiro atoms. The van der Waals surface area contributed by atoms with E-state index in [1.165, 1.54) is 24.7 Å². The van der Waals surface area contributed by atoms with Gasteiger partial charge in [0, 0.05) is 22.9 Å². The maximum absolute atomic E-state index is 13.4. The number of ether oxygens (including phenoxy) is 1. The van der Waals surface area contributed by atoms with Crippen molar-refractivity contribution in [3.05, 3.63) is 101 Å². The SMILES string of the molecule is CNC(CS(C)(=O)=O)c1ccc(-c2ccc3ncnc(Nc4ccc(OCc5cccc(F)c5)c(Cl)c4)c3c2)o1. The van der Waals surface area contributed by atoms with Crippen LogP contribution in [0.4, 0.5) is 15.9 Å². The van der Waals surface area contributed by atoms with E-state index in [1.807, 2.05) is 30.3 Å². The molecule has 0 aliphatic rings. The van der Waals surface area contributed by atoms with Crippen molar-refractivity contribution in [1.29, 1.82) is 0 Å². The smallest absolute Gasteiger partial charge is 0.149 e. The van der Waals surface area contributed by atoms with Gasteiger partial charge in [-0.25, -0.2) is 22.8 Å². The molecule has 1 unspecified atom stereocenters. The van der Waals surface area contributed by atoms with E-state index in [2.05, 4.69) is 20.6 Å². The number of halogens is 2. The van der Waals surface area contributed by atoms with Crippen molar-refractivity contribution in [2.75, 3.05) is 24.4 Å². The van der Waals surface area contributed by atoms with Crippen LogP contribution in [0.3, 0.4) is 0 Å². The van der Waals surface area contributed by atoms with Gasteiger partial charge in [-0.1, -0.05) is 23.7 Å². The third kappa shape index (κ3) is 6.59. The number of aromatic nitrogens is 2. The van der Waals surface area contributed by atoms with E-state index in [9.17, 15) is 12.8 Å². The Labute approximate surface area is 236 Å². The van der Waals surface area contributed by atoms with Gasteiger partial charge in [0.05, 0.1) is 22.3 Å². The van der Waals surface area contributed by atoms with Crippen LogP contribution in [-0.2, 0) is 16.4 Å². The third-order valence-electron chi connectivity index (χ3n) is 6.19. The van der Waals surface area contributed by atoms with Gasteiger partial charge < -0.3 is 19.8 Å². The highest BCUT2D eigenvalue weighted by atomic mass is 35.5. The van der Waals surface area contributed by atoms with E-state index in [0.717, 1.165) is 16.5 Å². The fourth-order valence-electron chi connectivity index (χ4n) is 4.24. The molecule has 11 heteroatoms. The van der Waals surface area contributed by atoms with Crippen molar-refractivity contribution in [3.8, 4) is 17.1 Å². The minimum Gasteiger partial charge on any atom is -0.487 e. The van der Waals surface area contributed by atoms with Crippen LogP contribution >= 0.6 is 11.6 Å². The zero-order valence-electron chi connectivity index (χ0n) is 21.7. The Morgan fingerprint density at radius 3 is 2.65 bits per heavy atom. The Kier molecular flexibility index (Phi) is 8.02. The summed E-state index contributed by atoms with van der Waals surface area (Å²) in [6.07, 6.45) is 2.66. The van der Waals surface area contributed by atoms with E-state index >= 15 is 0 Å². The van der Waals surface area contributed by atoms with Crippen molar-refractivity contribution in [2.24, 2.45) is 0 Å². The Bertz CT molecular complexity index is 1780. The van der Waals surface area contributed by atoms with E-state index in [1.54, 1.807) is 37.4 Å². The van der Waals surface area contributed by atoms with Gasteiger partial charge in [-0.2, -0.15) is 0 Å². The van der Waals surface area contributed by atoms with E-state index < -0.39 is 15.9 Å². The number of hydrogen-bond acceptors (Lipinski definition) is 8. The molecule has 5 aromatic rings. The molecule has 3 aromatic carbocycles. The van der Waals surface area contributed by atoms with Gasteiger partial charge in [0.1, 0.15) is 51.7 Å². The number of hydrogen-bond donors (Lipinski definition) is 2. The zero-order chi connectivity index (χ0) is 28.3. The fourth-order valence-corrected chi connectivity index (χ4v) is 5.41. The van der Waals surface area contributed by atoms with Crippen LogP contribution in [0.2, 0.25) is 5.02 Å². The minimum atomic E-state index is -3.21. The lowest BCUT2D eigenvalue weighted by atomic mass is 10.1. The van der Waals surface area contributed by atoms with Crippen LogP contribution < -0.4 is 15.4 Å². The molecule has 0 fully saturated rings. The summed E-state index contributed by atoms with van der Waals surface area (Å²) in [7, 11) is -1.51. The molecule has 8 nitrogen and oxygen atoms in total. The van der Waals surface area contributed by atoms with Crippen LogP contribution in [0.5, 0.6) is 5.75 Å². The molecule has 0 saturated heterocycles. The highest BCUT2D eigenvalue weighted by molar-refractivity contribution is 7.90. The van der Waals surface area contributed by atoms with Gasteiger partial charge in [-0.15, -0.1) is 0 Å². The number of nitrogens with one attached hydrogen (secondary N) is 2. The predicted octanol–water partition coefficient (Wildman–Crippen LogP) is 6.31. The lowest BCUT2D eigenvalue weighted by molar-refractivity contribution is 0.306. The Morgan fingerprint density at radius 2 is 1.90 bits per heavy atom. The Balaban J connectivity index is 1.36. The largest absolute Gasteiger partial charge is 0.487 e. The van der Waals surface area contributed by atoms with Gasteiger partial charge in [-0.3, -0.25) is 0 Å². The molecule has 0 aliphatic carbocycles. The number of rotatable bonds is 10. The predicted molar refractivity (Wildman–Crippen MR) is 154 cm³/mol. The molecule has 206 valence electrons. The van der Waals surface area contributed by atoms with Crippen LogP contribution in [-0.4, -0.2) is 37.4 Å². The number of anilines is 2. The molecule has 5 rings (SSSR count). The van der Waals surface area contributed by atoms with Gasteiger partial charge >= 0.3 is 0 Å². The molecular formula is C29H26ClFN4O4S. The second-order valence-electron chi connectivity index (χ2n) is 9.28. The van der Waals surface area contributed by atoms with Crippen LogP contribution in [0.1, 0.15) is 17.4 Å². The molecule has 0 amide bonds. The first-order valence-electron chi connectivity index (χ1n) is 12.3. The third-order valence-corrected chi connectivity index (χ3v) is 7.42. The summed E-state index contributed by atoms with van der Waals surface area (Å²) in [5, 5.41) is 7.42. The topological polar surface area (TPSA) is 106 Å². The van der Waals surface area contributed by atoms with Gasteiger partial charge in [-0.05, 0) is 73.3 Å². The molecule has 0 bridgehead atoms. The number of sulfone groups is 1. The lowest BCUT2D eigenvalue weighted by Crippen LogP contribution is -2.24.